The molecule has 0 spiro atoms. The lowest BCUT2D eigenvalue weighted by molar-refractivity contribution is -0.138. The molecule has 28 heavy (non-hydrogen) atoms. The highest BCUT2D eigenvalue weighted by Gasteiger charge is 2.34. The van der Waals surface area contributed by atoms with Crippen molar-refractivity contribution in [3.05, 3.63) is 29.3 Å². The van der Waals surface area contributed by atoms with E-state index < -0.39 is 11.7 Å². The maximum absolute atomic E-state index is 13.5. The average molecular weight is 514 g/mol. The van der Waals surface area contributed by atoms with Gasteiger partial charge in [0.2, 0.25) is 0 Å². The van der Waals surface area contributed by atoms with Crippen molar-refractivity contribution in [1.82, 2.24) is 5.32 Å². The predicted molar refractivity (Wildman–Crippen MR) is 117 cm³/mol. The van der Waals surface area contributed by atoms with Crippen molar-refractivity contribution in [3.8, 4) is 0 Å². The molecule has 0 aliphatic carbocycles. The number of hydrogen-bond acceptors (Lipinski definition) is 3. The zero-order valence-corrected chi connectivity index (χ0v) is 18.6. The smallest absolute Gasteiger partial charge is 0.378 e. The number of rotatable bonds is 8. The van der Waals surface area contributed by atoms with Crippen LogP contribution in [0, 0.1) is 0 Å². The molecule has 0 unspecified atom stereocenters. The molecule has 1 aliphatic rings. The molecule has 1 aliphatic heterocycles. The first kappa shape index (κ1) is 24.8. The number of nitrogens with one attached hydrogen (secondary N) is 1. The number of hydrogen-bond donors (Lipinski definition) is 2. The minimum atomic E-state index is -4.44. The van der Waals surface area contributed by atoms with Gasteiger partial charge in [-0.25, -0.2) is 4.99 Å². The molecule has 1 saturated heterocycles. The Bertz CT molecular complexity index is 620. The van der Waals surface area contributed by atoms with Crippen molar-refractivity contribution >= 4 is 35.6 Å². The van der Waals surface area contributed by atoms with Gasteiger partial charge in [0.1, 0.15) is 0 Å². The molecule has 0 saturated carbocycles. The molecule has 1 aromatic rings. The van der Waals surface area contributed by atoms with Crippen molar-refractivity contribution < 1.29 is 17.9 Å². The number of aliphatic imine (C=N–C) groups is 1. The van der Waals surface area contributed by atoms with E-state index >= 15 is 0 Å². The maximum Gasteiger partial charge on any atom is 0.416 e. The summed E-state index contributed by atoms with van der Waals surface area (Å²) in [5.41, 5.74) is 5.79. The normalized spacial score (nSPS) is 15.3. The van der Waals surface area contributed by atoms with Gasteiger partial charge in [0.05, 0.1) is 25.3 Å². The summed E-state index contributed by atoms with van der Waals surface area (Å²) >= 11 is 0. The van der Waals surface area contributed by atoms with Gasteiger partial charge in [0, 0.05) is 25.3 Å². The lowest BCUT2D eigenvalue weighted by Gasteiger charge is -2.29. The Morgan fingerprint density at radius 2 is 1.93 bits per heavy atom. The number of unbranched alkanes of at least 4 members (excludes halogenated alkanes) is 3. The van der Waals surface area contributed by atoms with E-state index in [9.17, 15) is 13.2 Å². The van der Waals surface area contributed by atoms with Crippen LogP contribution in [0.4, 0.5) is 18.9 Å². The summed E-state index contributed by atoms with van der Waals surface area (Å²) in [6.45, 7) is 4.92. The van der Waals surface area contributed by atoms with Crippen LogP contribution < -0.4 is 16.0 Å². The Labute approximate surface area is 181 Å². The van der Waals surface area contributed by atoms with Crippen LogP contribution in [0.25, 0.3) is 0 Å². The molecule has 1 heterocycles. The lowest BCUT2D eigenvalue weighted by Crippen LogP contribution is -2.36. The lowest BCUT2D eigenvalue weighted by atomic mass is 10.1. The first-order valence-corrected chi connectivity index (χ1v) is 9.48. The number of guanidine groups is 1. The van der Waals surface area contributed by atoms with E-state index in [1.54, 1.807) is 6.07 Å². The van der Waals surface area contributed by atoms with Gasteiger partial charge in [-0.05, 0) is 24.1 Å². The van der Waals surface area contributed by atoms with Crippen molar-refractivity contribution in [1.29, 1.82) is 0 Å². The highest BCUT2D eigenvalue weighted by Crippen LogP contribution is 2.35. The van der Waals surface area contributed by atoms with Crippen molar-refractivity contribution in [2.75, 3.05) is 37.7 Å². The number of benzene rings is 1. The second kappa shape index (κ2) is 12.4. The van der Waals surface area contributed by atoms with Crippen molar-refractivity contribution in [2.24, 2.45) is 10.7 Å². The molecule has 0 bridgehead atoms. The Kier molecular flexibility index (Phi) is 10.9. The topological polar surface area (TPSA) is 62.9 Å². The molecule has 9 heteroatoms. The van der Waals surface area contributed by atoms with E-state index in [0.717, 1.165) is 25.7 Å². The second-order valence-electron chi connectivity index (χ2n) is 6.63. The third-order valence-electron chi connectivity index (χ3n) is 4.53. The molecular formula is C19H30F3IN4O. The maximum atomic E-state index is 13.5. The van der Waals surface area contributed by atoms with E-state index in [1.807, 2.05) is 4.90 Å². The van der Waals surface area contributed by atoms with E-state index in [1.165, 1.54) is 12.1 Å². The average Bonchev–Trinajstić information content (AvgIpc) is 2.66. The van der Waals surface area contributed by atoms with Crippen LogP contribution in [0.5, 0.6) is 0 Å². The van der Waals surface area contributed by atoms with Crippen LogP contribution in [0.1, 0.15) is 43.7 Å². The minimum absolute atomic E-state index is 0. The van der Waals surface area contributed by atoms with Crippen molar-refractivity contribution in [2.45, 2.75) is 45.3 Å². The molecule has 0 amide bonds. The number of alkyl halides is 3. The fourth-order valence-electron chi connectivity index (χ4n) is 2.98. The second-order valence-corrected chi connectivity index (χ2v) is 6.63. The molecule has 0 atom stereocenters. The monoisotopic (exact) mass is 514 g/mol. The first-order chi connectivity index (χ1) is 12.9. The standard InChI is InChI=1S/C19H29F3N4O.HI/c1-2-3-4-5-8-24-18(23)25-14-15-6-7-16(13-17(15)19(20,21)22)26-9-11-27-12-10-26;/h6-7,13H,2-5,8-12,14H2,1H3,(H3,23,24,25);1H. The summed E-state index contributed by atoms with van der Waals surface area (Å²) in [6, 6.07) is 4.40. The highest BCUT2D eigenvalue weighted by molar-refractivity contribution is 14.0. The van der Waals surface area contributed by atoms with Crippen LogP contribution in [-0.4, -0.2) is 38.8 Å². The Balaban J connectivity index is 0.00000392. The molecule has 3 N–H and O–H groups in total. The molecular weight excluding hydrogens is 484 g/mol. The fraction of sp³-hybridized carbons (Fsp3) is 0.632. The molecule has 1 aromatic carbocycles. The quantitative estimate of drug-likeness (QED) is 0.237. The summed E-state index contributed by atoms with van der Waals surface area (Å²) in [6.07, 6.45) is -0.0764. The zero-order chi connectivity index (χ0) is 19.7. The Hall–Kier alpha value is -1.23. The third kappa shape index (κ3) is 8.02. The molecule has 0 aromatic heterocycles. The van der Waals surface area contributed by atoms with E-state index in [2.05, 4.69) is 17.2 Å². The van der Waals surface area contributed by atoms with Gasteiger partial charge in [-0.15, -0.1) is 24.0 Å². The van der Waals surface area contributed by atoms with Crippen LogP contribution in [0.15, 0.2) is 23.2 Å². The van der Waals surface area contributed by atoms with Gasteiger partial charge in [0.15, 0.2) is 5.96 Å². The largest absolute Gasteiger partial charge is 0.416 e. The summed E-state index contributed by atoms with van der Waals surface area (Å²) < 4.78 is 45.8. The van der Waals surface area contributed by atoms with Crippen LogP contribution in [0.3, 0.4) is 0 Å². The number of nitrogens with zero attached hydrogens (tertiary/aromatic N) is 2. The van der Waals surface area contributed by atoms with Gasteiger partial charge in [0.25, 0.3) is 0 Å². The first-order valence-electron chi connectivity index (χ1n) is 9.48. The number of nitrogens with two attached hydrogens (primary N) is 1. The number of morpholine rings is 1. The minimum Gasteiger partial charge on any atom is -0.378 e. The van der Waals surface area contributed by atoms with Gasteiger partial charge in [-0.3, -0.25) is 0 Å². The Morgan fingerprint density at radius 3 is 2.57 bits per heavy atom. The van der Waals surface area contributed by atoms with Gasteiger partial charge < -0.3 is 20.7 Å². The molecule has 5 nitrogen and oxygen atoms in total. The molecule has 0 radical (unpaired) electrons. The third-order valence-corrected chi connectivity index (χ3v) is 4.53. The van der Waals surface area contributed by atoms with Gasteiger partial charge in [-0.1, -0.05) is 32.3 Å². The van der Waals surface area contributed by atoms with Crippen LogP contribution >= 0.6 is 24.0 Å². The van der Waals surface area contributed by atoms with E-state index in [0.29, 0.717) is 38.5 Å². The van der Waals surface area contributed by atoms with E-state index in [4.69, 9.17) is 10.5 Å². The fourth-order valence-corrected chi connectivity index (χ4v) is 2.98. The highest BCUT2D eigenvalue weighted by atomic mass is 127. The number of ether oxygens (including phenoxy) is 1. The molecule has 2 rings (SSSR count). The summed E-state index contributed by atoms with van der Waals surface area (Å²) in [5, 5.41) is 2.96. The summed E-state index contributed by atoms with van der Waals surface area (Å²) in [5.74, 6) is 0.178. The SMILES string of the molecule is CCCCCCNC(N)=NCc1ccc(N2CCOCC2)cc1C(F)(F)F.I. The van der Waals surface area contributed by atoms with Gasteiger partial charge in [-0.2, -0.15) is 13.2 Å². The van der Waals surface area contributed by atoms with Crippen LogP contribution in [-0.2, 0) is 17.5 Å². The summed E-state index contributed by atoms with van der Waals surface area (Å²) in [7, 11) is 0. The molecule has 160 valence electrons. The molecule has 1 fully saturated rings. The number of halogens is 4. The van der Waals surface area contributed by atoms with E-state index in [-0.39, 0.29) is 42.0 Å². The zero-order valence-electron chi connectivity index (χ0n) is 16.2. The predicted octanol–water partition coefficient (Wildman–Crippen LogP) is 4.14. The van der Waals surface area contributed by atoms with Gasteiger partial charge >= 0.3 is 6.18 Å². The number of anilines is 1. The Morgan fingerprint density at radius 1 is 1.21 bits per heavy atom. The summed E-state index contributed by atoms with van der Waals surface area (Å²) in [4.78, 5) is 5.98. The van der Waals surface area contributed by atoms with Crippen LogP contribution in [0.2, 0.25) is 0 Å². The van der Waals surface area contributed by atoms with Crippen molar-refractivity contribution in [3.63, 3.8) is 0 Å².